The molecule has 74 valence electrons. The monoisotopic (exact) mass is 193 g/mol. The van der Waals surface area contributed by atoms with Crippen LogP contribution in [0.3, 0.4) is 0 Å². The highest BCUT2D eigenvalue weighted by atomic mass is 16.3. The molecule has 2 rings (SSSR count). The number of nitrogens with zero attached hydrogens (tertiary/aromatic N) is 2. The first-order valence-corrected chi connectivity index (χ1v) is 4.28. The highest BCUT2D eigenvalue weighted by molar-refractivity contribution is 5.78. The van der Waals surface area contributed by atoms with E-state index in [0.29, 0.717) is 10.9 Å². The molecule has 0 amide bonds. The molecule has 0 atom stereocenters. The number of rotatable bonds is 1. The standard InChI is InChI=1S/C9H11N3O2/c1-9(2,14)12-4-3-6-7(12)5-10-11-8(6)13/h3-5,14H,1-2H3,(H,11,13). The summed E-state index contributed by atoms with van der Waals surface area (Å²) in [5, 5.41) is 16.3. The van der Waals surface area contributed by atoms with Gasteiger partial charge in [0.15, 0.2) is 0 Å². The van der Waals surface area contributed by atoms with Gasteiger partial charge in [0.1, 0.15) is 5.72 Å². The highest BCUT2D eigenvalue weighted by Crippen LogP contribution is 2.18. The molecule has 5 heteroatoms. The van der Waals surface area contributed by atoms with Gasteiger partial charge >= 0.3 is 0 Å². The van der Waals surface area contributed by atoms with Crippen molar-refractivity contribution in [1.82, 2.24) is 14.8 Å². The van der Waals surface area contributed by atoms with Crippen LogP contribution >= 0.6 is 0 Å². The summed E-state index contributed by atoms with van der Waals surface area (Å²) in [5.74, 6) is 0. The summed E-state index contributed by atoms with van der Waals surface area (Å²) < 4.78 is 1.60. The molecule has 2 N–H and O–H groups in total. The normalized spacial score (nSPS) is 12.2. The molecule has 0 unspecified atom stereocenters. The number of H-pyrrole nitrogens is 1. The first-order valence-electron chi connectivity index (χ1n) is 4.28. The number of aromatic amines is 1. The highest BCUT2D eigenvalue weighted by Gasteiger charge is 2.17. The van der Waals surface area contributed by atoms with Crippen LogP contribution in [-0.2, 0) is 5.72 Å². The maximum atomic E-state index is 11.3. The predicted octanol–water partition coefficient (Wildman–Crippen LogP) is 0.409. The van der Waals surface area contributed by atoms with E-state index >= 15 is 0 Å². The molecule has 5 nitrogen and oxygen atoms in total. The molecular weight excluding hydrogens is 182 g/mol. The lowest BCUT2D eigenvalue weighted by molar-refractivity contribution is 0.00619. The van der Waals surface area contributed by atoms with Crippen LogP contribution in [0, 0.1) is 0 Å². The summed E-state index contributed by atoms with van der Waals surface area (Å²) in [7, 11) is 0. The Morgan fingerprint density at radius 2 is 2.29 bits per heavy atom. The molecule has 0 saturated heterocycles. The Kier molecular flexibility index (Phi) is 1.72. The molecule has 0 aromatic carbocycles. The van der Waals surface area contributed by atoms with Gasteiger partial charge in [-0.1, -0.05) is 0 Å². The second kappa shape index (κ2) is 2.68. The number of fused-ring (bicyclic) bond motifs is 1. The van der Waals surface area contributed by atoms with Crippen molar-refractivity contribution in [1.29, 1.82) is 0 Å². The SMILES string of the molecule is CC(C)(O)n1ccc2c(=O)[nH]ncc21. The topological polar surface area (TPSA) is 70.9 Å². The zero-order valence-electron chi connectivity index (χ0n) is 7.98. The van der Waals surface area contributed by atoms with Gasteiger partial charge < -0.3 is 9.67 Å². The molecule has 0 spiro atoms. The van der Waals surface area contributed by atoms with E-state index in [0.717, 1.165) is 0 Å². The molecule has 2 aromatic heterocycles. The molecule has 0 aliphatic rings. The van der Waals surface area contributed by atoms with Gasteiger partial charge in [-0.05, 0) is 19.9 Å². The van der Waals surface area contributed by atoms with E-state index in [-0.39, 0.29) is 5.56 Å². The minimum absolute atomic E-state index is 0.245. The largest absolute Gasteiger partial charge is 0.371 e. The first kappa shape index (κ1) is 8.96. The quantitative estimate of drug-likeness (QED) is 0.689. The summed E-state index contributed by atoms with van der Waals surface area (Å²) in [4.78, 5) is 11.3. The van der Waals surface area contributed by atoms with Gasteiger partial charge in [-0.2, -0.15) is 5.10 Å². The Hall–Kier alpha value is -1.62. The van der Waals surface area contributed by atoms with Crippen LogP contribution in [0.1, 0.15) is 13.8 Å². The second-order valence-corrected chi connectivity index (χ2v) is 3.68. The van der Waals surface area contributed by atoms with E-state index in [1.807, 2.05) is 0 Å². The average molecular weight is 193 g/mol. The van der Waals surface area contributed by atoms with Crippen molar-refractivity contribution in [3.8, 4) is 0 Å². The van der Waals surface area contributed by atoms with Gasteiger partial charge in [0, 0.05) is 6.20 Å². The smallest absolute Gasteiger partial charge is 0.273 e. The van der Waals surface area contributed by atoms with Crippen molar-refractivity contribution in [2.75, 3.05) is 0 Å². The Labute approximate surface area is 80.0 Å². The van der Waals surface area contributed by atoms with Gasteiger partial charge in [-0.3, -0.25) is 4.79 Å². The lowest BCUT2D eigenvalue weighted by Gasteiger charge is -2.20. The predicted molar refractivity (Wildman–Crippen MR) is 51.9 cm³/mol. The fourth-order valence-electron chi connectivity index (χ4n) is 1.46. The van der Waals surface area contributed by atoms with Crippen molar-refractivity contribution in [3.05, 3.63) is 28.8 Å². The lowest BCUT2D eigenvalue weighted by atomic mass is 10.3. The molecule has 0 fully saturated rings. The van der Waals surface area contributed by atoms with E-state index in [2.05, 4.69) is 10.2 Å². The summed E-state index contributed by atoms with van der Waals surface area (Å²) in [6, 6.07) is 1.66. The Bertz CT molecular complexity index is 519. The molecule has 0 radical (unpaired) electrons. The van der Waals surface area contributed by atoms with Gasteiger partial charge in [0.2, 0.25) is 0 Å². The fraction of sp³-hybridized carbons (Fsp3) is 0.333. The van der Waals surface area contributed by atoms with E-state index in [9.17, 15) is 9.90 Å². The molecule has 14 heavy (non-hydrogen) atoms. The van der Waals surface area contributed by atoms with E-state index in [1.54, 1.807) is 30.7 Å². The third kappa shape index (κ3) is 1.22. The van der Waals surface area contributed by atoms with Gasteiger partial charge in [0.25, 0.3) is 5.56 Å². The molecular formula is C9H11N3O2. The maximum absolute atomic E-state index is 11.3. The maximum Gasteiger partial charge on any atom is 0.273 e. The summed E-state index contributed by atoms with van der Waals surface area (Å²) >= 11 is 0. The van der Waals surface area contributed by atoms with Crippen LogP contribution in [0.2, 0.25) is 0 Å². The Morgan fingerprint density at radius 1 is 1.57 bits per heavy atom. The third-order valence-corrected chi connectivity index (χ3v) is 2.11. The van der Waals surface area contributed by atoms with Crippen molar-refractivity contribution in [2.24, 2.45) is 0 Å². The number of hydrogen-bond donors (Lipinski definition) is 2. The van der Waals surface area contributed by atoms with Crippen molar-refractivity contribution < 1.29 is 5.11 Å². The van der Waals surface area contributed by atoms with Gasteiger partial charge in [-0.15, -0.1) is 0 Å². The van der Waals surface area contributed by atoms with Crippen LogP contribution in [-0.4, -0.2) is 19.9 Å². The molecule has 0 bridgehead atoms. The Morgan fingerprint density at radius 3 is 2.93 bits per heavy atom. The molecule has 0 aliphatic heterocycles. The summed E-state index contributed by atoms with van der Waals surface area (Å²) in [6.07, 6.45) is 3.19. The van der Waals surface area contributed by atoms with E-state index < -0.39 is 5.72 Å². The zero-order chi connectivity index (χ0) is 10.3. The van der Waals surface area contributed by atoms with Crippen LogP contribution in [0.5, 0.6) is 0 Å². The van der Waals surface area contributed by atoms with Crippen molar-refractivity contribution in [2.45, 2.75) is 19.6 Å². The first-order chi connectivity index (χ1) is 6.50. The minimum Gasteiger partial charge on any atom is -0.371 e. The lowest BCUT2D eigenvalue weighted by Crippen LogP contribution is -2.24. The minimum atomic E-state index is -1.03. The average Bonchev–Trinajstić information content (AvgIpc) is 2.47. The third-order valence-electron chi connectivity index (χ3n) is 2.11. The zero-order valence-corrected chi connectivity index (χ0v) is 7.98. The van der Waals surface area contributed by atoms with E-state index in [4.69, 9.17) is 0 Å². The van der Waals surface area contributed by atoms with Crippen LogP contribution in [0.4, 0.5) is 0 Å². The number of nitrogens with one attached hydrogen (secondary N) is 1. The summed E-state index contributed by atoms with van der Waals surface area (Å²) in [5.41, 5.74) is -0.649. The second-order valence-electron chi connectivity index (χ2n) is 3.68. The molecule has 0 aliphatic carbocycles. The van der Waals surface area contributed by atoms with Crippen molar-refractivity contribution in [3.63, 3.8) is 0 Å². The molecule has 2 aromatic rings. The Balaban J connectivity index is 2.83. The van der Waals surface area contributed by atoms with Gasteiger partial charge in [-0.25, -0.2) is 5.10 Å². The number of aromatic nitrogens is 3. The van der Waals surface area contributed by atoms with E-state index in [1.165, 1.54) is 6.20 Å². The van der Waals surface area contributed by atoms with Crippen LogP contribution < -0.4 is 5.56 Å². The van der Waals surface area contributed by atoms with Crippen molar-refractivity contribution >= 4 is 10.9 Å². The molecule has 0 saturated carbocycles. The molecule has 2 heterocycles. The van der Waals surface area contributed by atoms with Crippen LogP contribution in [0.25, 0.3) is 10.9 Å². The number of hydrogen-bond acceptors (Lipinski definition) is 3. The summed E-state index contributed by atoms with van der Waals surface area (Å²) in [6.45, 7) is 3.29. The van der Waals surface area contributed by atoms with Gasteiger partial charge in [0.05, 0.1) is 17.1 Å². The number of aliphatic hydroxyl groups is 1. The fourth-order valence-corrected chi connectivity index (χ4v) is 1.46. The van der Waals surface area contributed by atoms with Crippen LogP contribution in [0.15, 0.2) is 23.3 Å².